The number of hydrogen-bond acceptors (Lipinski definition) is 4. The lowest BCUT2D eigenvalue weighted by Crippen LogP contribution is -2.42. The van der Waals surface area contributed by atoms with Gasteiger partial charge in [0.05, 0.1) is 25.4 Å². The largest absolute Gasteiger partial charge is 0.379 e. The third-order valence-electron chi connectivity index (χ3n) is 3.65. The van der Waals surface area contributed by atoms with Crippen LogP contribution in [0.15, 0.2) is 30.3 Å². The predicted octanol–water partition coefficient (Wildman–Crippen LogP) is 2.21. The molecule has 1 fully saturated rings. The summed E-state index contributed by atoms with van der Waals surface area (Å²) in [7, 11) is 0. The lowest BCUT2D eigenvalue weighted by atomic mass is 9.88. The van der Waals surface area contributed by atoms with Crippen molar-refractivity contribution in [3.63, 3.8) is 0 Å². The third-order valence-corrected chi connectivity index (χ3v) is 3.65. The summed E-state index contributed by atoms with van der Waals surface area (Å²) in [5.74, 6) is 0. The van der Waals surface area contributed by atoms with Gasteiger partial charge in [-0.15, -0.1) is 0 Å². The average molecular weight is 274 g/mol. The molecule has 1 aliphatic heterocycles. The van der Waals surface area contributed by atoms with Crippen molar-refractivity contribution < 1.29 is 9.47 Å². The summed E-state index contributed by atoms with van der Waals surface area (Å²) in [6, 6.07) is 12.3. The van der Waals surface area contributed by atoms with E-state index in [1.54, 1.807) is 0 Å². The summed E-state index contributed by atoms with van der Waals surface area (Å²) in [4.78, 5) is 0. The highest BCUT2D eigenvalue weighted by atomic mass is 16.5. The van der Waals surface area contributed by atoms with Crippen molar-refractivity contribution >= 4 is 0 Å². The molecule has 1 heterocycles. The topological polar surface area (TPSA) is 54.3 Å². The molecule has 2 rings (SSSR count). The molecule has 1 N–H and O–H groups in total. The Morgan fingerprint density at radius 2 is 2.25 bits per heavy atom. The smallest absolute Gasteiger partial charge is 0.134 e. The molecular weight excluding hydrogens is 252 g/mol. The van der Waals surface area contributed by atoms with Gasteiger partial charge in [-0.05, 0) is 18.5 Å². The lowest BCUT2D eigenvalue weighted by Gasteiger charge is -2.28. The molecule has 0 amide bonds. The molecule has 1 aliphatic rings. The number of benzene rings is 1. The molecule has 2 atom stereocenters. The Hall–Kier alpha value is -1.41. The van der Waals surface area contributed by atoms with Crippen LogP contribution >= 0.6 is 0 Å². The van der Waals surface area contributed by atoms with Gasteiger partial charge in [0.2, 0.25) is 0 Å². The summed E-state index contributed by atoms with van der Waals surface area (Å²) in [6.07, 6.45) is 1.77. The fraction of sp³-hybridized carbons (Fsp3) is 0.562. The summed E-state index contributed by atoms with van der Waals surface area (Å²) in [5, 5.41) is 13.0. The Balaban J connectivity index is 2.01. The van der Waals surface area contributed by atoms with Gasteiger partial charge < -0.3 is 9.47 Å². The summed E-state index contributed by atoms with van der Waals surface area (Å²) < 4.78 is 11.1. The summed E-state index contributed by atoms with van der Waals surface area (Å²) >= 11 is 0. The van der Waals surface area contributed by atoms with E-state index in [0.29, 0.717) is 19.6 Å². The SMILES string of the molecule is CCNC(C#N)(CCOC1CCOC1)c1ccccc1. The summed E-state index contributed by atoms with van der Waals surface area (Å²) in [6.45, 7) is 4.77. The predicted molar refractivity (Wildman–Crippen MR) is 77.2 cm³/mol. The highest BCUT2D eigenvalue weighted by molar-refractivity contribution is 5.31. The van der Waals surface area contributed by atoms with Gasteiger partial charge in [-0.2, -0.15) is 5.26 Å². The van der Waals surface area contributed by atoms with E-state index in [1.807, 2.05) is 37.3 Å². The Morgan fingerprint density at radius 1 is 1.45 bits per heavy atom. The Kier molecular flexibility index (Phi) is 5.54. The van der Waals surface area contributed by atoms with Gasteiger partial charge in [0, 0.05) is 13.0 Å². The molecule has 0 aliphatic carbocycles. The molecule has 1 aromatic rings. The third kappa shape index (κ3) is 3.57. The average Bonchev–Trinajstić information content (AvgIpc) is 3.00. The highest BCUT2D eigenvalue weighted by Crippen LogP contribution is 2.25. The van der Waals surface area contributed by atoms with Crippen molar-refractivity contribution in [2.75, 3.05) is 26.4 Å². The molecule has 20 heavy (non-hydrogen) atoms. The van der Waals surface area contributed by atoms with Crippen molar-refractivity contribution in [3.05, 3.63) is 35.9 Å². The number of nitriles is 1. The van der Waals surface area contributed by atoms with Crippen molar-refractivity contribution in [2.24, 2.45) is 0 Å². The van der Waals surface area contributed by atoms with E-state index in [1.165, 1.54) is 0 Å². The van der Waals surface area contributed by atoms with Crippen LogP contribution in [-0.2, 0) is 15.0 Å². The molecule has 0 bridgehead atoms. The van der Waals surface area contributed by atoms with Gasteiger partial charge in [0.25, 0.3) is 0 Å². The van der Waals surface area contributed by atoms with Crippen LogP contribution in [0.1, 0.15) is 25.3 Å². The van der Waals surface area contributed by atoms with E-state index in [0.717, 1.165) is 25.1 Å². The molecule has 0 saturated carbocycles. The van der Waals surface area contributed by atoms with Crippen LogP contribution in [0.5, 0.6) is 0 Å². The molecule has 2 unspecified atom stereocenters. The van der Waals surface area contributed by atoms with E-state index in [2.05, 4.69) is 11.4 Å². The quantitative estimate of drug-likeness (QED) is 0.828. The molecule has 0 aromatic heterocycles. The van der Waals surface area contributed by atoms with Crippen molar-refractivity contribution in [1.82, 2.24) is 5.32 Å². The first kappa shape index (κ1) is 15.0. The molecule has 1 saturated heterocycles. The molecule has 0 spiro atoms. The Morgan fingerprint density at radius 3 is 2.85 bits per heavy atom. The van der Waals surface area contributed by atoms with Crippen molar-refractivity contribution in [1.29, 1.82) is 5.26 Å². The zero-order chi connectivity index (χ0) is 14.3. The fourth-order valence-electron chi connectivity index (χ4n) is 2.54. The number of rotatable bonds is 7. The van der Waals surface area contributed by atoms with Crippen molar-refractivity contribution in [2.45, 2.75) is 31.4 Å². The monoisotopic (exact) mass is 274 g/mol. The van der Waals surface area contributed by atoms with Crippen LogP contribution in [0.4, 0.5) is 0 Å². The zero-order valence-corrected chi connectivity index (χ0v) is 12.0. The van der Waals surface area contributed by atoms with Crippen LogP contribution in [0.25, 0.3) is 0 Å². The molecule has 4 nitrogen and oxygen atoms in total. The molecule has 1 aromatic carbocycles. The van der Waals surface area contributed by atoms with E-state index >= 15 is 0 Å². The minimum atomic E-state index is -0.671. The normalized spacial score (nSPS) is 21.3. The van der Waals surface area contributed by atoms with Gasteiger partial charge in [0.1, 0.15) is 5.54 Å². The van der Waals surface area contributed by atoms with Crippen LogP contribution in [-0.4, -0.2) is 32.5 Å². The van der Waals surface area contributed by atoms with Crippen LogP contribution in [0.3, 0.4) is 0 Å². The van der Waals surface area contributed by atoms with Gasteiger partial charge in [-0.3, -0.25) is 5.32 Å². The first-order valence-corrected chi connectivity index (χ1v) is 7.22. The van der Waals surface area contributed by atoms with Crippen LogP contribution < -0.4 is 5.32 Å². The van der Waals surface area contributed by atoms with Crippen LogP contribution in [0, 0.1) is 11.3 Å². The van der Waals surface area contributed by atoms with E-state index in [9.17, 15) is 5.26 Å². The first-order chi connectivity index (χ1) is 9.80. The van der Waals surface area contributed by atoms with Gasteiger partial charge in [-0.1, -0.05) is 37.3 Å². The maximum absolute atomic E-state index is 9.66. The minimum Gasteiger partial charge on any atom is -0.379 e. The summed E-state index contributed by atoms with van der Waals surface area (Å²) in [5.41, 5.74) is 0.325. The number of hydrogen-bond donors (Lipinski definition) is 1. The van der Waals surface area contributed by atoms with Crippen molar-refractivity contribution in [3.8, 4) is 6.07 Å². The second-order valence-corrected chi connectivity index (χ2v) is 5.02. The molecule has 4 heteroatoms. The number of nitrogens with zero attached hydrogens (tertiary/aromatic N) is 1. The standard InChI is InChI=1S/C16H22N2O2/c1-2-18-16(13-17,14-6-4-3-5-7-14)9-11-20-15-8-10-19-12-15/h3-7,15,18H,2,8-12H2,1H3. The second kappa shape index (κ2) is 7.39. The Labute approximate surface area is 120 Å². The van der Waals surface area contributed by atoms with E-state index in [4.69, 9.17) is 9.47 Å². The molecular formula is C16H22N2O2. The maximum atomic E-state index is 9.66. The lowest BCUT2D eigenvalue weighted by molar-refractivity contribution is 0.0337. The first-order valence-electron chi connectivity index (χ1n) is 7.22. The molecule has 108 valence electrons. The van der Waals surface area contributed by atoms with Crippen LogP contribution in [0.2, 0.25) is 0 Å². The van der Waals surface area contributed by atoms with Gasteiger partial charge in [0.15, 0.2) is 0 Å². The highest BCUT2D eigenvalue weighted by Gasteiger charge is 2.31. The fourth-order valence-corrected chi connectivity index (χ4v) is 2.54. The Bertz CT molecular complexity index is 438. The second-order valence-electron chi connectivity index (χ2n) is 5.02. The van der Waals surface area contributed by atoms with E-state index in [-0.39, 0.29) is 6.10 Å². The number of nitrogens with one attached hydrogen (secondary N) is 1. The number of ether oxygens (including phenoxy) is 2. The zero-order valence-electron chi connectivity index (χ0n) is 12.0. The maximum Gasteiger partial charge on any atom is 0.134 e. The molecule has 0 radical (unpaired) electrons. The van der Waals surface area contributed by atoms with Gasteiger partial charge >= 0.3 is 0 Å². The minimum absolute atomic E-state index is 0.184. The van der Waals surface area contributed by atoms with Gasteiger partial charge in [-0.25, -0.2) is 0 Å². The van der Waals surface area contributed by atoms with E-state index < -0.39 is 5.54 Å².